The zero-order chi connectivity index (χ0) is 18.8. The predicted molar refractivity (Wildman–Crippen MR) is 95.1 cm³/mol. The number of aromatic nitrogens is 2. The Morgan fingerprint density at radius 2 is 2.12 bits per heavy atom. The maximum atomic E-state index is 12.6. The summed E-state index contributed by atoms with van der Waals surface area (Å²) in [5.41, 5.74) is 0.0118. The standard InChI is InChI=1S/C18H17N3O5/c1-3-7-26-17(24)12-9(2)19-15-14(16(23)21-18(25)20-15)13(12)10-5-4-6-11(22)8-10/h3-6,8,13,22H,1,7H2,2H3,(H3,19,20,21,23,25)/t13-/m0/s1. The summed E-state index contributed by atoms with van der Waals surface area (Å²) in [5.74, 6) is -1.26. The lowest BCUT2D eigenvalue weighted by atomic mass is 9.82. The normalized spacial score (nSPS) is 15.8. The van der Waals surface area contributed by atoms with Gasteiger partial charge in [0.25, 0.3) is 5.56 Å². The van der Waals surface area contributed by atoms with Crippen molar-refractivity contribution in [3.63, 3.8) is 0 Å². The zero-order valence-corrected chi connectivity index (χ0v) is 14.0. The second kappa shape index (κ2) is 6.75. The van der Waals surface area contributed by atoms with Gasteiger partial charge in [-0.15, -0.1) is 0 Å². The number of anilines is 1. The van der Waals surface area contributed by atoms with Crippen molar-refractivity contribution in [2.45, 2.75) is 12.8 Å². The van der Waals surface area contributed by atoms with Gasteiger partial charge in [0.1, 0.15) is 18.2 Å². The molecule has 0 fully saturated rings. The van der Waals surface area contributed by atoms with Crippen LogP contribution in [0.15, 0.2) is 57.8 Å². The molecule has 2 heterocycles. The van der Waals surface area contributed by atoms with Crippen LogP contribution in [-0.2, 0) is 9.53 Å². The van der Waals surface area contributed by atoms with E-state index >= 15 is 0 Å². The number of nitrogens with one attached hydrogen (secondary N) is 3. The Morgan fingerprint density at radius 3 is 2.81 bits per heavy atom. The van der Waals surface area contributed by atoms with Crippen molar-refractivity contribution in [2.24, 2.45) is 0 Å². The molecule has 0 saturated heterocycles. The van der Waals surface area contributed by atoms with Crippen LogP contribution in [0.5, 0.6) is 5.75 Å². The molecule has 1 atom stereocenters. The number of carbonyl (C=O) groups is 1. The van der Waals surface area contributed by atoms with E-state index in [1.54, 1.807) is 19.1 Å². The predicted octanol–water partition coefficient (Wildman–Crippen LogP) is 1.33. The summed E-state index contributed by atoms with van der Waals surface area (Å²) in [6.45, 7) is 5.16. The summed E-state index contributed by atoms with van der Waals surface area (Å²) in [6.07, 6.45) is 1.44. The van der Waals surface area contributed by atoms with E-state index in [-0.39, 0.29) is 29.3 Å². The van der Waals surface area contributed by atoms with Gasteiger partial charge in [-0.05, 0) is 24.6 Å². The van der Waals surface area contributed by atoms with Crippen LogP contribution in [0, 0.1) is 0 Å². The highest BCUT2D eigenvalue weighted by molar-refractivity contribution is 5.94. The molecule has 2 aromatic rings. The molecule has 1 aromatic heterocycles. The fraction of sp³-hybridized carbons (Fsp3) is 0.167. The van der Waals surface area contributed by atoms with E-state index in [0.717, 1.165) is 0 Å². The fourth-order valence-electron chi connectivity index (χ4n) is 3.01. The van der Waals surface area contributed by atoms with Crippen LogP contribution in [0.4, 0.5) is 5.82 Å². The number of phenols is 1. The lowest BCUT2D eigenvalue weighted by Crippen LogP contribution is -2.35. The van der Waals surface area contributed by atoms with Crippen molar-refractivity contribution >= 4 is 11.8 Å². The van der Waals surface area contributed by atoms with E-state index in [4.69, 9.17) is 4.74 Å². The van der Waals surface area contributed by atoms with Crippen LogP contribution in [0.3, 0.4) is 0 Å². The molecule has 8 heteroatoms. The molecule has 1 aliphatic heterocycles. The number of esters is 1. The highest BCUT2D eigenvalue weighted by Crippen LogP contribution is 2.39. The van der Waals surface area contributed by atoms with Gasteiger partial charge in [-0.2, -0.15) is 0 Å². The second-order valence-electron chi connectivity index (χ2n) is 5.78. The van der Waals surface area contributed by atoms with E-state index in [9.17, 15) is 19.5 Å². The second-order valence-corrected chi connectivity index (χ2v) is 5.78. The highest BCUT2D eigenvalue weighted by atomic mass is 16.5. The molecule has 3 rings (SSSR count). The van der Waals surface area contributed by atoms with Crippen LogP contribution in [-0.4, -0.2) is 27.7 Å². The van der Waals surface area contributed by atoms with Crippen molar-refractivity contribution in [3.05, 3.63) is 80.2 Å². The topological polar surface area (TPSA) is 124 Å². The minimum Gasteiger partial charge on any atom is -0.508 e. The van der Waals surface area contributed by atoms with Crippen LogP contribution in [0.1, 0.15) is 24.0 Å². The number of aromatic amines is 2. The number of H-pyrrole nitrogens is 2. The Hall–Kier alpha value is -3.55. The molecule has 1 aromatic carbocycles. The van der Waals surface area contributed by atoms with E-state index in [2.05, 4.69) is 21.9 Å². The van der Waals surface area contributed by atoms with Gasteiger partial charge in [0, 0.05) is 5.70 Å². The van der Waals surface area contributed by atoms with Gasteiger partial charge in [-0.25, -0.2) is 9.59 Å². The highest BCUT2D eigenvalue weighted by Gasteiger charge is 2.36. The minimum atomic E-state index is -0.823. The summed E-state index contributed by atoms with van der Waals surface area (Å²) in [4.78, 5) is 41.4. The van der Waals surface area contributed by atoms with Crippen LogP contribution >= 0.6 is 0 Å². The monoisotopic (exact) mass is 355 g/mol. The average molecular weight is 355 g/mol. The molecule has 1 aliphatic rings. The first-order valence-corrected chi connectivity index (χ1v) is 7.83. The zero-order valence-electron chi connectivity index (χ0n) is 14.0. The van der Waals surface area contributed by atoms with Gasteiger partial charge >= 0.3 is 11.7 Å². The van der Waals surface area contributed by atoms with Crippen LogP contribution < -0.4 is 16.6 Å². The molecule has 4 N–H and O–H groups in total. The SMILES string of the molecule is C=CCOC(=O)C1=C(C)Nc2[nH]c(=O)[nH]c(=O)c2[C@H]1c1cccc(O)c1. The molecule has 134 valence electrons. The first kappa shape index (κ1) is 17.3. The fourth-order valence-corrected chi connectivity index (χ4v) is 3.01. The Bertz CT molecular complexity index is 1030. The Labute approximate surface area is 147 Å². The lowest BCUT2D eigenvalue weighted by molar-refractivity contribution is -0.138. The van der Waals surface area contributed by atoms with Crippen LogP contribution in [0.2, 0.25) is 0 Å². The largest absolute Gasteiger partial charge is 0.508 e. The van der Waals surface area contributed by atoms with Crippen molar-refractivity contribution in [2.75, 3.05) is 11.9 Å². The molecule has 26 heavy (non-hydrogen) atoms. The number of allylic oxidation sites excluding steroid dienone is 1. The summed E-state index contributed by atoms with van der Waals surface area (Å²) >= 11 is 0. The van der Waals surface area contributed by atoms with Gasteiger partial charge in [0.05, 0.1) is 17.1 Å². The van der Waals surface area contributed by atoms with E-state index in [0.29, 0.717) is 11.3 Å². The molecule has 0 unspecified atom stereocenters. The van der Waals surface area contributed by atoms with Gasteiger partial charge in [0.2, 0.25) is 0 Å². The number of hydrogen-bond acceptors (Lipinski definition) is 6. The number of carbonyl (C=O) groups excluding carboxylic acids is 1. The number of phenolic OH excluding ortho intramolecular Hbond substituents is 1. The molecule has 0 radical (unpaired) electrons. The van der Waals surface area contributed by atoms with Crippen molar-refractivity contribution in [1.82, 2.24) is 9.97 Å². The van der Waals surface area contributed by atoms with E-state index in [1.165, 1.54) is 18.2 Å². The first-order valence-electron chi connectivity index (χ1n) is 7.83. The number of rotatable bonds is 4. The lowest BCUT2D eigenvalue weighted by Gasteiger charge is -2.28. The van der Waals surface area contributed by atoms with Gasteiger partial charge in [-0.1, -0.05) is 24.8 Å². The summed E-state index contributed by atoms with van der Waals surface area (Å²) in [7, 11) is 0. The summed E-state index contributed by atoms with van der Waals surface area (Å²) < 4.78 is 5.16. The minimum absolute atomic E-state index is 0.0111. The van der Waals surface area contributed by atoms with Gasteiger partial charge in [-0.3, -0.25) is 14.8 Å². The molecular weight excluding hydrogens is 338 g/mol. The molecule has 0 aliphatic carbocycles. The third-order valence-corrected chi connectivity index (χ3v) is 4.03. The molecule has 0 spiro atoms. The van der Waals surface area contributed by atoms with Crippen molar-refractivity contribution < 1.29 is 14.6 Å². The maximum absolute atomic E-state index is 12.6. The number of aromatic hydroxyl groups is 1. The maximum Gasteiger partial charge on any atom is 0.337 e. The van der Waals surface area contributed by atoms with Crippen molar-refractivity contribution in [1.29, 1.82) is 0 Å². The summed E-state index contributed by atoms with van der Waals surface area (Å²) in [5, 5.41) is 12.7. The molecule has 0 amide bonds. The third kappa shape index (κ3) is 3.04. The van der Waals surface area contributed by atoms with Gasteiger partial charge in [0.15, 0.2) is 0 Å². The van der Waals surface area contributed by atoms with Gasteiger partial charge < -0.3 is 15.2 Å². The Balaban J connectivity index is 2.25. The molecule has 0 bridgehead atoms. The molecule has 0 saturated carbocycles. The van der Waals surface area contributed by atoms with E-state index in [1.807, 2.05) is 0 Å². The third-order valence-electron chi connectivity index (χ3n) is 4.03. The molecule has 8 nitrogen and oxygen atoms in total. The summed E-state index contributed by atoms with van der Waals surface area (Å²) in [6, 6.07) is 6.22. The number of hydrogen-bond donors (Lipinski definition) is 4. The smallest absolute Gasteiger partial charge is 0.337 e. The molecular formula is C18H17N3O5. The average Bonchev–Trinajstić information content (AvgIpc) is 2.58. The number of fused-ring (bicyclic) bond motifs is 1. The Kier molecular flexibility index (Phi) is 4.49. The Morgan fingerprint density at radius 1 is 1.35 bits per heavy atom. The van der Waals surface area contributed by atoms with Crippen molar-refractivity contribution in [3.8, 4) is 5.75 Å². The van der Waals surface area contributed by atoms with E-state index < -0.39 is 23.1 Å². The first-order chi connectivity index (χ1) is 12.4. The van der Waals surface area contributed by atoms with Crippen LogP contribution in [0.25, 0.3) is 0 Å². The quantitative estimate of drug-likeness (QED) is 0.484. The number of benzene rings is 1. The number of ether oxygens (including phenoxy) is 1.